The molecule has 9 nitrogen and oxygen atoms in total. The predicted octanol–water partition coefficient (Wildman–Crippen LogP) is 2.71. The first kappa shape index (κ1) is 28.4. The maximum Gasteiger partial charge on any atom is 0.332 e. The van der Waals surface area contributed by atoms with Crippen LogP contribution in [0.25, 0.3) is 0 Å². The van der Waals surface area contributed by atoms with Crippen LogP contribution < -0.4 is 10.6 Å². The minimum Gasteiger partial charge on any atom is -0.463 e. The van der Waals surface area contributed by atoms with Gasteiger partial charge in [-0.3, -0.25) is 14.4 Å². The first-order valence-electron chi connectivity index (χ1n) is 13.1. The molecule has 1 aromatic rings. The van der Waals surface area contributed by atoms with E-state index in [2.05, 4.69) is 10.6 Å². The van der Waals surface area contributed by atoms with E-state index in [0.717, 1.165) is 31.2 Å². The van der Waals surface area contributed by atoms with Crippen molar-refractivity contribution in [2.75, 3.05) is 13.2 Å². The molecule has 1 aromatic carbocycles. The van der Waals surface area contributed by atoms with Crippen LogP contribution in [0.2, 0.25) is 0 Å². The highest BCUT2D eigenvalue weighted by molar-refractivity contribution is 5.89. The number of ether oxygens (including phenoxy) is 2. The highest BCUT2D eigenvalue weighted by atomic mass is 16.6. The average molecular weight is 515 g/mol. The fourth-order valence-electron chi connectivity index (χ4n) is 4.67. The highest BCUT2D eigenvalue weighted by Gasteiger charge is 2.36. The Hall–Kier alpha value is -3.20. The second-order valence-corrected chi connectivity index (χ2v) is 9.89. The summed E-state index contributed by atoms with van der Waals surface area (Å²) in [5.41, 5.74) is 0.146. The molecule has 2 atom stereocenters. The lowest BCUT2D eigenvalue weighted by molar-refractivity contribution is -0.155. The number of carbonyl (C=O) groups excluding carboxylic acids is 4. The molecule has 0 bridgehead atoms. The third kappa shape index (κ3) is 9.31. The molecule has 1 saturated carbocycles. The summed E-state index contributed by atoms with van der Waals surface area (Å²) in [4.78, 5) is 51.1. The SMILES string of the molecule is O=C(C[C@H]1CC=CCCCCC(=O)OC[C@H](C(=O)OCc2ccccc2)NC1=O)NC1(CO)CCCC1. The van der Waals surface area contributed by atoms with Crippen LogP contribution in [0.3, 0.4) is 0 Å². The standard InChI is InChI=1S/C28H38N2O7/c31-20-28(15-9-10-16-28)30-24(32)17-22-13-7-2-1-3-8-14-25(33)36-19-23(29-26(22)34)27(35)37-18-21-11-5-4-6-12-21/h2,4-7,11-12,22-23,31H,1,3,8-10,13-20H2,(H,29,34)(H,30,32)/t22-,23-/m1/s1. The second kappa shape index (κ2) is 14.5. The van der Waals surface area contributed by atoms with E-state index < -0.39 is 35.3 Å². The van der Waals surface area contributed by atoms with Gasteiger partial charge in [0.15, 0.2) is 6.04 Å². The van der Waals surface area contributed by atoms with E-state index in [9.17, 15) is 24.3 Å². The number of nitrogens with one attached hydrogen (secondary N) is 2. The van der Waals surface area contributed by atoms with E-state index in [0.29, 0.717) is 25.7 Å². The van der Waals surface area contributed by atoms with Gasteiger partial charge in [-0.25, -0.2) is 4.79 Å². The maximum atomic E-state index is 13.3. The van der Waals surface area contributed by atoms with E-state index in [1.807, 2.05) is 42.5 Å². The minimum atomic E-state index is -1.20. The fraction of sp³-hybridized carbons (Fsp3) is 0.571. The lowest BCUT2D eigenvalue weighted by atomic mass is 9.95. The van der Waals surface area contributed by atoms with Gasteiger partial charge >= 0.3 is 11.9 Å². The lowest BCUT2D eigenvalue weighted by Crippen LogP contribution is -2.51. The molecule has 0 radical (unpaired) electrons. The molecule has 1 heterocycles. The maximum absolute atomic E-state index is 13.3. The van der Waals surface area contributed by atoms with Crippen molar-refractivity contribution in [1.82, 2.24) is 10.6 Å². The van der Waals surface area contributed by atoms with Crippen molar-refractivity contribution in [3.63, 3.8) is 0 Å². The van der Waals surface area contributed by atoms with Crippen LogP contribution in [-0.2, 0) is 35.3 Å². The zero-order valence-corrected chi connectivity index (χ0v) is 21.3. The number of amides is 2. The van der Waals surface area contributed by atoms with Gasteiger partial charge in [0.1, 0.15) is 13.2 Å². The van der Waals surface area contributed by atoms with Crippen LogP contribution in [0.4, 0.5) is 0 Å². The van der Waals surface area contributed by atoms with Gasteiger partial charge in [0.05, 0.1) is 18.1 Å². The Morgan fingerprint density at radius 1 is 1.08 bits per heavy atom. The summed E-state index contributed by atoms with van der Waals surface area (Å²) in [5, 5.41) is 15.4. The van der Waals surface area contributed by atoms with Crippen molar-refractivity contribution in [2.45, 2.75) is 82.4 Å². The normalized spacial score (nSPS) is 22.8. The van der Waals surface area contributed by atoms with Crippen LogP contribution in [0.5, 0.6) is 0 Å². The molecular weight excluding hydrogens is 476 g/mol. The summed E-state index contributed by atoms with van der Waals surface area (Å²) in [6, 6.07) is 7.92. The summed E-state index contributed by atoms with van der Waals surface area (Å²) in [7, 11) is 0. The van der Waals surface area contributed by atoms with Gasteiger partial charge in [-0.1, -0.05) is 55.3 Å². The first-order chi connectivity index (χ1) is 17.9. The molecule has 0 spiro atoms. The number of allylic oxidation sites excluding steroid dienone is 2. The highest BCUT2D eigenvalue weighted by Crippen LogP contribution is 2.29. The first-order valence-corrected chi connectivity index (χ1v) is 13.1. The summed E-state index contributed by atoms with van der Waals surface area (Å²) >= 11 is 0. The smallest absolute Gasteiger partial charge is 0.332 e. The molecule has 9 heteroatoms. The Bertz CT molecular complexity index is 941. The lowest BCUT2D eigenvalue weighted by Gasteiger charge is -2.29. The minimum absolute atomic E-state index is 0.0117. The second-order valence-electron chi connectivity index (χ2n) is 9.89. The summed E-state index contributed by atoms with van der Waals surface area (Å²) in [5.74, 6) is -2.73. The topological polar surface area (TPSA) is 131 Å². The Balaban J connectivity index is 1.70. The van der Waals surface area contributed by atoms with E-state index in [4.69, 9.17) is 9.47 Å². The number of carbonyl (C=O) groups is 4. The third-order valence-corrected chi connectivity index (χ3v) is 6.90. The number of aliphatic hydroxyl groups excluding tert-OH is 1. The number of rotatable bonds is 7. The molecule has 2 aliphatic rings. The van der Waals surface area contributed by atoms with Crippen molar-refractivity contribution < 1.29 is 33.8 Å². The molecule has 3 N–H and O–H groups in total. The monoisotopic (exact) mass is 514 g/mol. The van der Waals surface area contributed by atoms with Gasteiger partial charge in [-0.15, -0.1) is 0 Å². The van der Waals surface area contributed by atoms with Gasteiger partial charge < -0.3 is 25.2 Å². The van der Waals surface area contributed by atoms with Gasteiger partial charge in [-0.2, -0.15) is 0 Å². The molecule has 0 saturated heterocycles. The van der Waals surface area contributed by atoms with Gasteiger partial charge in [0.2, 0.25) is 11.8 Å². The number of aliphatic hydroxyl groups is 1. The molecule has 1 aliphatic carbocycles. The Morgan fingerprint density at radius 3 is 2.57 bits per heavy atom. The van der Waals surface area contributed by atoms with E-state index >= 15 is 0 Å². The predicted molar refractivity (Wildman–Crippen MR) is 136 cm³/mol. The molecule has 0 unspecified atom stereocenters. The quantitative estimate of drug-likeness (QED) is 0.377. The molecule has 202 valence electrons. The Kier molecular flexibility index (Phi) is 11.1. The molecule has 3 rings (SSSR count). The largest absolute Gasteiger partial charge is 0.463 e. The van der Waals surface area contributed by atoms with Crippen LogP contribution in [0.15, 0.2) is 42.5 Å². The van der Waals surface area contributed by atoms with Crippen molar-refractivity contribution in [3.8, 4) is 0 Å². The van der Waals surface area contributed by atoms with E-state index in [1.165, 1.54) is 0 Å². The van der Waals surface area contributed by atoms with Crippen LogP contribution in [0, 0.1) is 5.92 Å². The fourth-order valence-corrected chi connectivity index (χ4v) is 4.67. The van der Waals surface area contributed by atoms with Crippen molar-refractivity contribution in [2.24, 2.45) is 5.92 Å². The number of cyclic esters (lactones) is 1. The number of hydrogen-bond donors (Lipinski definition) is 3. The molecule has 1 fully saturated rings. The molecule has 2 amide bonds. The zero-order valence-electron chi connectivity index (χ0n) is 21.3. The Labute approximate surface area is 218 Å². The van der Waals surface area contributed by atoms with Crippen LogP contribution in [-0.4, -0.2) is 53.7 Å². The number of esters is 2. The summed E-state index contributed by atoms with van der Waals surface area (Å²) < 4.78 is 10.7. The summed E-state index contributed by atoms with van der Waals surface area (Å²) in [6.45, 7) is -0.478. The number of hydrogen-bond acceptors (Lipinski definition) is 7. The van der Waals surface area contributed by atoms with Crippen LogP contribution in [0.1, 0.15) is 69.8 Å². The van der Waals surface area contributed by atoms with Gasteiger partial charge in [0.25, 0.3) is 0 Å². The third-order valence-electron chi connectivity index (χ3n) is 6.90. The molecule has 1 aliphatic heterocycles. The molecule has 0 aromatic heterocycles. The average Bonchev–Trinajstić information content (AvgIpc) is 3.37. The molecular formula is C28H38N2O7. The van der Waals surface area contributed by atoms with Gasteiger partial charge in [-0.05, 0) is 44.1 Å². The molecule has 37 heavy (non-hydrogen) atoms. The van der Waals surface area contributed by atoms with Crippen molar-refractivity contribution in [3.05, 3.63) is 48.0 Å². The van der Waals surface area contributed by atoms with Crippen molar-refractivity contribution in [1.29, 1.82) is 0 Å². The summed E-state index contributed by atoms with van der Waals surface area (Å²) in [6.07, 6.45) is 9.68. The van der Waals surface area contributed by atoms with Gasteiger partial charge in [0, 0.05) is 12.8 Å². The van der Waals surface area contributed by atoms with Crippen molar-refractivity contribution >= 4 is 23.8 Å². The zero-order chi connectivity index (χ0) is 26.5. The number of benzene rings is 1. The van der Waals surface area contributed by atoms with E-state index in [-0.39, 0.29) is 38.6 Å². The Morgan fingerprint density at radius 2 is 1.84 bits per heavy atom. The van der Waals surface area contributed by atoms with Crippen LogP contribution >= 0.6 is 0 Å². The van der Waals surface area contributed by atoms with E-state index in [1.54, 1.807) is 0 Å².